The molecule has 1 saturated heterocycles. The van der Waals surface area contributed by atoms with Crippen LogP contribution >= 0.6 is 11.3 Å². The van der Waals surface area contributed by atoms with E-state index < -0.39 is 5.41 Å². The molecule has 1 aromatic heterocycles. The number of amides is 2. The number of aromatic nitrogens is 1. The maximum atomic E-state index is 13.7. The lowest BCUT2D eigenvalue weighted by molar-refractivity contribution is -0.528. The third kappa shape index (κ3) is 8.03. The molecule has 41 heavy (non-hydrogen) atoms. The number of benzene rings is 1. The van der Waals surface area contributed by atoms with Gasteiger partial charge in [-0.15, -0.1) is 11.3 Å². The van der Waals surface area contributed by atoms with Crippen molar-refractivity contribution in [2.45, 2.75) is 106 Å². The summed E-state index contributed by atoms with van der Waals surface area (Å²) < 4.78 is 2.10. The van der Waals surface area contributed by atoms with Crippen molar-refractivity contribution in [3.63, 3.8) is 0 Å². The minimum Gasteiger partial charge on any atom is -0.344 e. The minimum absolute atomic E-state index is 0.0199. The van der Waals surface area contributed by atoms with Crippen LogP contribution in [0.4, 0.5) is 0 Å². The van der Waals surface area contributed by atoms with Gasteiger partial charge < -0.3 is 10.6 Å². The average molecular weight is 579 g/mol. The summed E-state index contributed by atoms with van der Waals surface area (Å²) in [5, 5.41) is 15.9. The predicted molar refractivity (Wildman–Crippen MR) is 167 cm³/mol. The van der Waals surface area contributed by atoms with Crippen molar-refractivity contribution in [2.75, 3.05) is 6.54 Å². The molecule has 3 atom stereocenters. The van der Waals surface area contributed by atoms with Crippen LogP contribution in [0.15, 0.2) is 29.8 Å². The smallest absolute Gasteiger partial charge is 0.289 e. The number of rotatable bonds is 9. The molecule has 1 aliphatic heterocycles. The molecule has 7 nitrogen and oxygen atoms in total. The Bertz CT molecular complexity index is 1260. The van der Waals surface area contributed by atoms with Gasteiger partial charge in [0.25, 0.3) is 5.91 Å². The molecule has 2 N–H and O–H groups in total. The summed E-state index contributed by atoms with van der Waals surface area (Å²) in [6.45, 7) is 17.4. The van der Waals surface area contributed by atoms with Gasteiger partial charge in [-0.05, 0) is 48.6 Å². The lowest BCUT2D eigenvalue weighted by Crippen LogP contribution is -2.50. The van der Waals surface area contributed by atoms with Crippen LogP contribution in [-0.4, -0.2) is 46.2 Å². The molecule has 8 heteroatoms. The first-order valence-corrected chi connectivity index (χ1v) is 16.0. The molecule has 0 spiro atoms. The van der Waals surface area contributed by atoms with Gasteiger partial charge in [-0.1, -0.05) is 72.7 Å². The maximum absolute atomic E-state index is 13.7. The molecular weight excluding hydrogens is 530 g/mol. The van der Waals surface area contributed by atoms with Gasteiger partial charge in [-0.3, -0.25) is 9.59 Å². The lowest BCUT2D eigenvalue weighted by Gasteiger charge is -2.28. The highest BCUT2D eigenvalue weighted by molar-refractivity contribution is 7.13. The Hall–Kier alpha value is -3.05. The molecule has 222 valence electrons. The second-order valence-corrected chi connectivity index (χ2v) is 13.5. The van der Waals surface area contributed by atoms with E-state index in [-0.39, 0.29) is 35.4 Å². The number of thiazole rings is 1. The van der Waals surface area contributed by atoms with Crippen molar-refractivity contribution in [1.29, 1.82) is 5.26 Å². The number of aryl methyl sites for hydroxylation is 1. The standard InChI is InChI=1S/C31H41N5O2S.C2H6/c1-20(2)16-24(22-9-11-23(12-10-22)27-21(3)33-19-39-27)34-28(37)25-8-7-15-36(25)17-26(30(4,5)6)35-29(38)31(18-32)13-14-31;1-2/h9-12,17,19-20,24-26H,7-8,13-16H2,1-6H3,(H-,34,35,37,38);1-2H3/p+1. The number of carbonyl (C=O) groups is 2. The fraction of sp³-hybridized carbons (Fsp3) is 0.606. The number of nitrogens with one attached hydrogen (secondary N) is 2. The van der Waals surface area contributed by atoms with Crippen molar-refractivity contribution in [3.05, 3.63) is 41.0 Å². The topological polar surface area (TPSA) is 97.9 Å². The van der Waals surface area contributed by atoms with Gasteiger partial charge in [-0.2, -0.15) is 5.26 Å². The molecule has 2 fully saturated rings. The van der Waals surface area contributed by atoms with Crippen LogP contribution in [0.25, 0.3) is 10.4 Å². The van der Waals surface area contributed by atoms with Crippen molar-refractivity contribution in [1.82, 2.24) is 15.6 Å². The number of nitrogens with zero attached hydrogens (tertiary/aromatic N) is 3. The van der Waals surface area contributed by atoms with Gasteiger partial charge in [0.2, 0.25) is 11.9 Å². The molecule has 4 rings (SSSR count). The van der Waals surface area contributed by atoms with Gasteiger partial charge in [0.1, 0.15) is 18.0 Å². The van der Waals surface area contributed by atoms with Gasteiger partial charge in [0.15, 0.2) is 6.21 Å². The fourth-order valence-electron chi connectivity index (χ4n) is 5.18. The van der Waals surface area contributed by atoms with Crippen molar-refractivity contribution >= 4 is 29.4 Å². The second-order valence-electron chi connectivity index (χ2n) is 12.6. The summed E-state index contributed by atoms with van der Waals surface area (Å²) >= 11 is 1.64. The summed E-state index contributed by atoms with van der Waals surface area (Å²) in [7, 11) is 0. The number of hydrogen-bond acceptors (Lipinski definition) is 5. The number of hydrogen-bond donors (Lipinski definition) is 2. The highest BCUT2D eigenvalue weighted by Crippen LogP contribution is 2.45. The molecule has 2 amide bonds. The summed E-state index contributed by atoms with van der Waals surface area (Å²) in [5.74, 6) is 0.238. The molecule has 1 saturated carbocycles. The summed E-state index contributed by atoms with van der Waals surface area (Å²) in [4.78, 5) is 32.1. The van der Waals surface area contributed by atoms with E-state index in [0.717, 1.165) is 42.6 Å². The summed E-state index contributed by atoms with van der Waals surface area (Å²) in [6.07, 6.45) is 5.78. The molecule has 3 unspecified atom stereocenters. The van der Waals surface area contributed by atoms with Crippen LogP contribution in [0.3, 0.4) is 0 Å². The first-order valence-electron chi connectivity index (χ1n) is 15.1. The fourth-order valence-corrected chi connectivity index (χ4v) is 5.99. The van der Waals surface area contributed by atoms with Gasteiger partial charge >= 0.3 is 0 Å². The van der Waals surface area contributed by atoms with Crippen LogP contribution in [0.2, 0.25) is 0 Å². The van der Waals surface area contributed by atoms with E-state index in [2.05, 4.69) is 85.1 Å². The summed E-state index contributed by atoms with van der Waals surface area (Å²) in [6, 6.07) is 10.0. The van der Waals surface area contributed by atoms with Crippen LogP contribution in [0.1, 0.15) is 97.9 Å². The minimum atomic E-state index is -0.878. The second kappa shape index (κ2) is 13.7. The van der Waals surface area contributed by atoms with Gasteiger partial charge in [0, 0.05) is 12.8 Å². The average Bonchev–Trinajstić information content (AvgIpc) is 3.40. The van der Waals surface area contributed by atoms with Crippen LogP contribution in [0, 0.1) is 35.0 Å². The van der Waals surface area contributed by atoms with Crippen molar-refractivity contribution in [3.8, 4) is 16.5 Å². The van der Waals surface area contributed by atoms with E-state index >= 15 is 0 Å². The monoisotopic (exact) mass is 578 g/mol. The van der Waals surface area contributed by atoms with Crippen LogP contribution in [0.5, 0.6) is 0 Å². The Morgan fingerprint density at radius 1 is 1.20 bits per heavy atom. The van der Waals surface area contributed by atoms with Crippen LogP contribution in [-0.2, 0) is 9.59 Å². The Labute approximate surface area is 250 Å². The Morgan fingerprint density at radius 2 is 1.85 bits per heavy atom. The Balaban J connectivity index is 0.00000226. The zero-order valence-electron chi connectivity index (χ0n) is 26.1. The highest BCUT2D eigenvalue weighted by atomic mass is 32.1. The van der Waals surface area contributed by atoms with Gasteiger partial charge in [0.05, 0.1) is 28.2 Å². The summed E-state index contributed by atoms with van der Waals surface area (Å²) in [5.41, 5.74) is 4.00. The molecule has 2 aliphatic rings. The number of nitriles is 1. The molecule has 2 aromatic rings. The molecule has 1 aliphatic carbocycles. The van der Waals surface area contributed by atoms with Crippen LogP contribution < -0.4 is 10.6 Å². The normalized spacial score (nSPS) is 20.0. The first-order chi connectivity index (χ1) is 19.4. The van der Waals surface area contributed by atoms with E-state index in [4.69, 9.17) is 0 Å². The van der Waals surface area contributed by atoms with Gasteiger partial charge in [-0.25, -0.2) is 9.56 Å². The van der Waals surface area contributed by atoms with E-state index in [1.165, 1.54) is 4.88 Å². The van der Waals surface area contributed by atoms with E-state index in [1.807, 2.05) is 32.5 Å². The molecular formula is C33H48N5O2S+. The maximum Gasteiger partial charge on any atom is 0.289 e. The lowest BCUT2D eigenvalue weighted by atomic mass is 9.86. The van der Waals surface area contributed by atoms with E-state index in [1.54, 1.807) is 11.3 Å². The number of carbonyl (C=O) groups excluding carboxylic acids is 2. The van der Waals surface area contributed by atoms with Crippen molar-refractivity contribution < 1.29 is 14.2 Å². The Morgan fingerprint density at radius 3 is 2.37 bits per heavy atom. The molecule has 0 bridgehead atoms. The third-order valence-electron chi connectivity index (χ3n) is 7.90. The molecule has 2 heterocycles. The highest BCUT2D eigenvalue weighted by Gasteiger charge is 2.52. The quantitative estimate of drug-likeness (QED) is 0.335. The molecule has 1 aromatic carbocycles. The zero-order chi connectivity index (χ0) is 30.4. The van der Waals surface area contributed by atoms with Crippen molar-refractivity contribution in [2.24, 2.45) is 16.7 Å². The Kier molecular flexibility index (Phi) is 10.9. The largest absolute Gasteiger partial charge is 0.344 e. The SMILES string of the molecule is CC.Cc1ncsc1-c1ccc(C(CC(C)C)NC(=O)C2CCC[N+]2=CC(NC(=O)C2(C#N)CC2)C(C)(C)C)cc1. The molecule has 0 radical (unpaired) electrons. The van der Waals surface area contributed by atoms with E-state index in [9.17, 15) is 14.9 Å². The third-order valence-corrected chi connectivity index (χ3v) is 8.88. The first kappa shape index (κ1) is 32.5. The predicted octanol–water partition coefficient (Wildman–Crippen LogP) is 6.43. The van der Waals surface area contributed by atoms with E-state index in [0.29, 0.717) is 18.8 Å². The zero-order valence-corrected chi connectivity index (χ0v) is 26.9.